The zero-order chi connectivity index (χ0) is 14.8. The molecule has 0 amide bonds. The van der Waals surface area contributed by atoms with Gasteiger partial charge in [-0.3, -0.25) is 4.40 Å². The number of halogens is 1. The second-order valence-electron chi connectivity index (χ2n) is 4.74. The molecule has 5 heteroatoms. The second kappa shape index (κ2) is 5.77. The molecule has 0 saturated heterocycles. The largest absolute Gasteiger partial charge is 0.497 e. The first-order valence-corrected chi connectivity index (χ1v) is 7.36. The van der Waals surface area contributed by atoms with Crippen molar-refractivity contribution < 1.29 is 9.47 Å². The Morgan fingerprint density at radius 3 is 2.57 bits per heavy atom. The van der Waals surface area contributed by atoms with Crippen LogP contribution in [0, 0.1) is 6.92 Å². The summed E-state index contributed by atoms with van der Waals surface area (Å²) in [4.78, 5) is 4.51. The summed E-state index contributed by atoms with van der Waals surface area (Å²) in [6.45, 7) is 2.47. The summed E-state index contributed by atoms with van der Waals surface area (Å²) in [5.74, 6) is 2.45. The van der Waals surface area contributed by atoms with E-state index in [1.165, 1.54) is 5.56 Å². The SMILES string of the molecule is COc1ccc(OCc2nc(Br)c3cc(C)ccn23)cc1. The molecule has 0 unspecified atom stereocenters. The highest BCUT2D eigenvalue weighted by molar-refractivity contribution is 9.10. The normalized spacial score (nSPS) is 10.8. The highest BCUT2D eigenvalue weighted by Gasteiger charge is 2.09. The Kier molecular flexibility index (Phi) is 3.84. The maximum Gasteiger partial charge on any atom is 0.152 e. The number of methoxy groups -OCH3 is 1. The van der Waals surface area contributed by atoms with Crippen LogP contribution in [-0.4, -0.2) is 16.5 Å². The number of hydrogen-bond donors (Lipinski definition) is 0. The summed E-state index contributed by atoms with van der Waals surface area (Å²) in [5.41, 5.74) is 2.24. The van der Waals surface area contributed by atoms with Gasteiger partial charge >= 0.3 is 0 Å². The van der Waals surface area contributed by atoms with Crippen LogP contribution in [0.25, 0.3) is 5.52 Å². The molecule has 0 aliphatic heterocycles. The molecule has 0 N–H and O–H groups in total. The fraction of sp³-hybridized carbons (Fsp3) is 0.188. The van der Waals surface area contributed by atoms with Gasteiger partial charge in [-0.2, -0.15) is 0 Å². The van der Waals surface area contributed by atoms with E-state index in [9.17, 15) is 0 Å². The minimum atomic E-state index is 0.405. The first-order chi connectivity index (χ1) is 10.2. The number of rotatable bonds is 4. The summed E-state index contributed by atoms with van der Waals surface area (Å²) in [7, 11) is 1.64. The number of pyridine rings is 1. The Morgan fingerprint density at radius 1 is 1.14 bits per heavy atom. The van der Waals surface area contributed by atoms with E-state index in [4.69, 9.17) is 9.47 Å². The van der Waals surface area contributed by atoms with Crippen molar-refractivity contribution in [3.8, 4) is 11.5 Å². The topological polar surface area (TPSA) is 35.8 Å². The summed E-state index contributed by atoms with van der Waals surface area (Å²) < 4.78 is 13.8. The van der Waals surface area contributed by atoms with E-state index in [2.05, 4.69) is 40.0 Å². The van der Waals surface area contributed by atoms with Crippen LogP contribution in [0.15, 0.2) is 47.2 Å². The Labute approximate surface area is 131 Å². The summed E-state index contributed by atoms with van der Waals surface area (Å²) >= 11 is 3.49. The molecule has 0 aliphatic rings. The van der Waals surface area contributed by atoms with E-state index in [0.29, 0.717) is 6.61 Å². The van der Waals surface area contributed by atoms with Crippen molar-refractivity contribution in [2.75, 3.05) is 7.11 Å². The Morgan fingerprint density at radius 2 is 1.86 bits per heavy atom. The van der Waals surface area contributed by atoms with Gasteiger partial charge in [-0.05, 0) is 64.8 Å². The fourth-order valence-corrected chi connectivity index (χ4v) is 2.65. The molecule has 0 aliphatic carbocycles. The standard InChI is InChI=1S/C16H15BrN2O2/c1-11-7-8-19-14(9-11)16(17)18-15(19)10-21-13-5-3-12(20-2)4-6-13/h3-9H,10H2,1-2H3. The predicted molar refractivity (Wildman–Crippen MR) is 85.0 cm³/mol. The lowest BCUT2D eigenvalue weighted by molar-refractivity contribution is 0.294. The molecular weight excluding hydrogens is 332 g/mol. The number of hydrogen-bond acceptors (Lipinski definition) is 3. The zero-order valence-corrected chi connectivity index (χ0v) is 13.4. The van der Waals surface area contributed by atoms with Crippen molar-refractivity contribution in [1.29, 1.82) is 0 Å². The molecule has 108 valence electrons. The highest BCUT2D eigenvalue weighted by atomic mass is 79.9. The number of aromatic nitrogens is 2. The highest BCUT2D eigenvalue weighted by Crippen LogP contribution is 2.22. The molecule has 2 aromatic heterocycles. The van der Waals surface area contributed by atoms with Gasteiger partial charge in [-0.15, -0.1) is 0 Å². The molecule has 3 aromatic rings. The van der Waals surface area contributed by atoms with Gasteiger partial charge < -0.3 is 9.47 Å². The van der Waals surface area contributed by atoms with Gasteiger partial charge in [0.15, 0.2) is 5.82 Å². The van der Waals surface area contributed by atoms with Gasteiger partial charge in [0.1, 0.15) is 22.7 Å². The smallest absolute Gasteiger partial charge is 0.152 e. The lowest BCUT2D eigenvalue weighted by atomic mass is 10.3. The molecule has 3 rings (SSSR count). The number of aryl methyl sites for hydroxylation is 1. The van der Waals surface area contributed by atoms with Crippen LogP contribution in [0.3, 0.4) is 0 Å². The third-order valence-electron chi connectivity index (χ3n) is 3.25. The van der Waals surface area contributed by atoms with Crippen molar-refractivity contribution in [2.24, 2.45) is 0 Å². The quantitative estimate of drug-likeness (QED) is 0.716. The van der Waals surface area contributed by atoms with Crippen molar-refractivity contribution in [3.05, 3.63) is 58.6 Å². The Balaban J connectivity index is 1.81. The monoisotopic (exact) mass is 346 g/mol. The van der Waals surface area contributed by atoms with Crippen molar-refractivity contribution in [3.63, 3.8) is 0 Å². The molecular formula is C16H15BrN2O2. The maximum absolute atomic E-state index is 5.78. The second-order valence-corrected chi connectivity index (χ2v) is 5.49. The maximum atomic E-state index is 5.78. The van der Waals surface area contributed by atoms with Crippen LogP contribution in [-0.2, 0) is 6.61 Å². The number of benzene rings is 1. The van der Waals surface area contributed by atoms with Crippen molar-refractivity contribution in [1.82, 2.24) is 9.38 Å². The molecule has 0 bridgehead atoms. The van der Waals surface area contributed by atoms with Crippen molar-refractivity contribution >= 4 is 21.4 Å². The van der Waals surface area contributed by atoms with Gasteiger partial charge in [0.05, 0.1) is 12.6 Å². The lowest BCUT2D eigenvalue weighted by Gasteiger charge is -2.06. The van der Waals surface area contributed by atoms with E-state index in [0.717, 1.165) is 27.4 Å². The molecule has 1 aromatic carbocycles. The van der Waals surface area contributed by atoms with E-state index in [1.807, 2.05) is 34.9 Å². The first kappa shape index (κ1) is 13.9. The van der Waals surface area contributed by atoms with Crippen LogP contribution in [0.5, 0.6) is 11.5 Å². The zero-order valence-electron chi connectivity index (χ0n) is 11.8. The van der Waals surface area contributed by atoms with Gasteiger partial charge in [0.2, 0.25) is 0 Å². The van der Waals surface area contributed by atoms with Gasteiger partial charge in [0, 0.05) is 6.20 Å². The molecule has 0 fully saturated rings. The Hall–Kier alpha value is -2.01. The first-order valence-electron chi connectivity index (χ1n) is 6.57. The third-order valence-corrected chi connectivity index (χ3v) is 3.84. The van der Waals surface area contributed by atoms with Crippen LogP contribution in [0.1, 0.15) is 11.4 Å². The lowest BCUT2D eigenvalue weighted by Crippen LogP contribution is -2.01. The molecule has 2 heterocycles. The fourth-order valence-electron chi connectivity index (χ4n) is 2.14. The number of ether oxygens (including phenoxy) is 2. The van der Waals surface area contributed by atoms with Crippen molar-refractivity contribution in [2.45, 2.75) is 13.5 Å². The van der Waals surface area contributed by atoms with Gasteiger partial charge in [0.25, 0.3) is 0 Å². The average Bonchev–Trinajstić information content (AvgIpc) is 2.81. The third kappa shape index (κ3) is 2.88. The van der Waals surface area contributed by atoms with E-state index >= 15 is 0 Å². The predicted octanol–water partition coefficient (Wildman–Crippen LogP) is 3.99. The van der Waals surface area contributed by atoms with Crippen LogP contribution in [0.2, 0.25) is 0 Å². The van der Waals surface area contributed by atoms with E-state index in [1.54, 1.807) is 7.11 Å². The minimum absolute atomic E-state index is 0.405. The molecule has 0 atom stereocenters. The molecule has 21 heavy (non-hydrogen) atoms. The van der Waals surface area contributed by atoms with E-state index < -0.39 is 0 Å². The van der Waals surface area contributed by atoms with Crippen LogP contribution >= 0.6 is 15.9 Å². The number of imidazole rings is 1. The number of nitrogens with zero attached hydrogens (tertiary/aromatic N) is 2. The van der Waals surface area contributed by atoms with Crippen LogP contribution < -0.4 is 9.47 Å². The molecule has 0 saturated carbocycles. The van der Waals surface area contributed by atoms with Crippen LogP contribution in [0.4, 0.5) is 0 Å². The molecule has 0 radical (unpaired) electrons. The number of fused-ring (bicyclic) bond motifs is 1. The Bertz CT molecular complexity index is 766. The van der Waals surface area contributed by atoms with E-state index in [-0.39, 0.29) is 0 Å². The minimum Gasteiger partial charge on any atom is -0.497 e. The summed E-state index contributed by atoms with van der Waals surface area (Å²) in [6, 6.07) is 11.7. The molecule has 4 nitrogen and oxygen atoms in total. The van der Waals surface area contributed by atoms with Gasteiger partial charge in [-0.25, -0.2) is 4.98 Å². The van der Waals surface area contributed by atoms with Gasteiger partial charge in [-0.1, -0.05) is 0 Å². The average molecular weight is 347 g/mol. The summed E-state index contributed by atoms with van der Waals surface area (Å²) in [5, 5.41) is 0. The molecule has 0 spiro atoms. The summed E-state index contributed by atoms with van der Waals surface area (Å²) in [6.07, 6.45) is 2.01.